The number of rotatable bonds is 1. The molecule has 0 bridgehead atoms. The number of nitrogens with zero attached hydrogens (tertiary/aromatic N) is 1. The van der Waals surface area contributed by atoms with Crippen molar-refractivity contribution >= 4 is 11.8 Å². The van der Waals surface area contributed by atoms with Gasteiger partial charge >= 0.3 is 0 Å². The van der Waals surface area contributed by atoms with E-state index in [4.69, 9.17) is 11.0 Å². The van der Waals surface area contributed by atoms with Crippen LogP contribution in [0.5, 0.6) is 0 Å². The summed E-state index contributed by atoms with van der Waals surface area (Å²) in [4.78, 5) is 0. The van der Waals surface area contributed by atoms with Crippen LogP contribution in [0, 0.1) is 17.4 Å². The predicted octanol–water partition coefficient (Wildman–Crippen LogP) is 1.61. The van der Waals surface area contributed by atoms with Crippen LogP contribution >= 0.6 is 0 Å². The van der Waals surface area contributed by atoms with Crippen molar-refractivity contribution in [2.24, 2.45) is 0 Å². The zero-order valence-corrected chi connectivity index (χ0v) is 9.33. The van der Waals surface area contributed by atoms with E-state index in [-0.39, 0.29) is 32.7 Å². The quantitative estimate of drug-likeness (QED) is 0.454. The summed E-state index contributed by atoms with van der Waals surface area (Å²) in [7, 11) is 0. The molecule has 1 aromatic carbocycles. The molecule has 0 aromatic heterocycles. The topological polar surface area (TPSA) is 49.8 Å². The Balaban J connectivity index is 0.00000121. The molecule has 1 radical (unpaired) electrons. The fourth-order valence-corrected chi connectivity index (χ4v) is 0.708. The van der Waals surface area contributed by atoms with E-state index in [0.29, 0.717) is 0 Å². The van der Waals surface area contributed by atoms with Crippen molar-refractivity contribution in [1.82, 2.24) is 0 Å². The van der Waals surface area contributed by atoms with Crippen molar-refractivity contribution in [3.63, 3.8) is 0 Å². The second kappa shape index (κ2) is 5.94. The van der Waals surface area contributed by atoms with Gasteiger partial charge in [-0.3, -0.25) is 0 Å². The molecular weight excluding hydrogens is 225 g/mol. The predicted molar refractivity (Wildman–Crippen MR) is 44.2 cm³/mol. The van der Waals surface area contributed by atoms with Gasteiger partial charge in [-0.2, -0.15) is 11.6 Å². The number of nitriles is 1. The average Bonchev–Trinajstić information content (AvgIpc) is 2.04. The molecule has 0 saturated carbocycles. The maximum Gasteiger partial charge on any atom is 0.0283 e. The molecule has 0 amide bonds. The van der Waals surface area contributed by atoms with Crippen LogP contribution in [0.25, 0.3) is 6.08 Å². The number of nitrogen functional groups attached to an aromatic ring is 1. The molecule has 0 aliphatic rings. The molecule has 1 rings (SSSR count). The van der Waals surface area contributed by atoms with E-state index in [1.807, 2.05) is 12.1 Å². The van der Waals surface area contributed by atoms with E-state index >= 15 is 0 Å². The van der Waals surface area contributed by atoms with Gasteiger partial charge in [0.1, 0.15) is 0 Å². The number of anilines is 1. The Morgan fingerprint density at radius 2 is 1.92 bits per heavy atom. The van der Waals surface area contributed by atoms with Crippen molar-refractivity contribution in [3.8, 4) is 6.07 Å². The minimum Gasteiger partial charge on any atom is -0.399 e. The molecule has 0 atom stereocenters. The second-order valence-corrected chi connectivity index (χ2v) is 2.07. The van der Waals surface area contributed by atoms with Crippen LogP contribution < -0.4 is 5.73 Å². The molecule has 0 heterocycles. The van der Waals surface area contributed by atoms with Crippen LogP contribution in [0.15, 0.2) is 24.3 Å². The normalized spacial score (nSPS) is 8.92. The molecule has 0 unspecified atom stereocenters. The van der Waals surface area contributed by atoms with Gasteiger partial charge in [0.05, 0.1) is 0 Å². The molecule has 0 saturated heterocycles. The van der Waals surface area contributed by atoms with E-state index < -0.39 is 0 Å². The first-order valence-corrected chi connectivity index (χ1v) is 3.16. The number of nitrogens with two attached hydrogens (primary N) is 1. The summed E-state index contributed by atoms with van der Waals surface area (Å²) in [5, 5.41) is 8.17. The largest absolute Gasteiger partial charge is 0.399 e. The monoisotopic (exact) mass is 232 g/mol. The van der Waals surface area contributed by atoms with E-state index in [2.05, 4.69) is 6.08 Å². The molecule has 1 aromatic rings. The Morgan fingerprint density at radius 3 is 2.42 bits per heavy atom. The average molecular weight is 232 g/mol. The Morgan fingerprint density at radius 1 is 1.33 bits per heavy atom. The third-order valence-corrected chi connectivity index (χ3v) is 1.24. The molecular formula is C9H7N2Y-. The summed E-state index contributed by atoms with van der Waals surface area (Å²) < 4.78 is 0. The van der Waals surface area contributed by atoms with Gasteiger partial charge in [0.25, 0.3) is 0 Å². The molecule has 2 nitrogen and oxygen atoms in total. The Bertz CT molecular complexity index is 295. The van der Waals surface area contributed by atoms with Crippen LogP contribution in [-0.2, 0) is 32.7 Å². The van der Waals surface area contributed by atoms with Crippen LogP contribution in [-0.4, -0.2) is 0 Å². The first-order valence-electron chi connectivity index (χ1n) is 3.16. The Labute approximate surface area is 97.0 Å². The molecule has 2 N–H and O–H groups in total. The van der Waals surface area contributed by atoms with Gasteiger partial charge < -0.3 is 5.73 Å². The van der Waals surface area contributed by atoms with Crippen LogP contribution in [0.4, 0.5) is 5.69 Å². The molecule has 0 fully saturated rings. The summed E-state index contributed by atoms with van der Waals surface area (Å²) >= 11 is 0. The molecule has 3 heteroatoms. The van der Waals surface area contributed by atoms with Crippen LogP contribution in [0.1, 0.15) is 5.56 Å². The van der Waals surface area contributed by atoms with Gasteiger partial charge in [-0.05, 0) is 6.07 Å². The SMILES string of the molecule is N#C[C-]=Cc1ccc(N)cc1.[Y]. The van der Waals surface area contributed by atoms with Crippen molar-refractivity contribution in [3.05, 3.63) is 35.9 Å². The molecule has 0 aliphatic carbocycles. The Kier molecular flexibility index (Phi) is 5.62. The van der Waals surface area contributed by atoms with Crippen LogP contribution in [0.3, 0.4) is 0 Å². The standard InChI is InChI=1S/C9H7N2.Y/c10-7-1-2-8-3-5-9(11)6-4-8;/h2-6H,11H2;/q-1;. The molecule has 12 heavy (non-hydrogen) atoms. The minimum atomic E-state index is 0. The third-order valence-electron chi connectivity index (χ3n) is 1.24. The van der Waals surface area contributed by atoms with Crippen molar-refractivity contribution in [2.75, 3.05) is 5.73 Å². The van der Waals surface area contributed by atoms with E-state index in [0.717, 1.165) is 11.3 Å². The van der Waals surface area contributed by atoms with Gasteiger partial charge in [-0.1, -0.05) is 12.1 Å². The van der Waals surface area contributed by atoms with Crippen molar-refractivity contribution in [1.29, 1.82) is 5.26 Å². The third kappa shape index (κ3) is 3.66. The van der Waals surface area contributed by atoms with Crippen molar-refractivity contribution in [2.45, 2.75) is 0 Å². The van der Waals surface area contributed by atoms with Gasteiger partial charge in [0.15, 0.2) is 0 Å². The van der Waals surface area contributed by atoms with Gasteiger partial charge in [-0.25, -0.2) is 11.3 Å². The fourth-order valence-electron chi connectivity index (χ4n) is 0.708. The zero-order valence-electron chi connectivity index (χ0n) is 6.49. The summed E-state index contributed by atoms with van der Waals surface area (Å²) in [6.45, 7) is 0. The van der Waals surface area contributed by atoms with Gasteiger partial charge in [-0.15, -0.1) is 12.1 Å². The van der Waals surface area contributed by atoms with E-state index in [9.17, 15) is 0 Å². The summed E-state index contributed by atoms with van der Waals surface area (Å²) in [5.41, 5.74) is 7.11. The second-order valence-electron chi connectivity index (χ2n) is 2.07. The smallest absolute Gasteiger partial charge is 0.0283 e. The van der Waals surface area contributed by atoms with E-state index in [1.54, 1.807) is 24.3 Å². The number of hydrogen-bond acceptors (Lipinski definition) is 2. The maximum atomic E-state index is 8.17. The van der Waals surface area contributed by atoms with Crippen molar-refractivity contribution < 1.29 is 32.7 Å². The first-order chi connectivity index (χ1) is 5.33. The summed E-state index contributed by atoms with van der Waals surface area (Å²) in [5.74, 6) is 0. The Hall–Kier alpha value is -0.646. The fraction of sp³-hybridized carbons (Fsp3) is 0. The number of hydrogen-bond donors (Lipinski definition) is 1. The first kappa shape index (κ1) is 11.4. The van der Waals surface area contributed by atoms with Gasteiger partial charge in [0.2, 0.25) is 0 Å². The maximum absolute atomic E-state index is 8.17. The number of benzene rings is 1. The molecule has 57 valence electrons. The minimum absolute atomic E-state index is 0. The zero-order chi connectivity index (χ0) is 8.10. The van der Waals surface area contributed by atoms with Crippen LogP contribution in [0.2, 0.25) is 0 Å². The summed E-state index contributed by atoms with van der Waals surface area (Å²) in [6, 6.07) is 9.03. The van der Waals surface area contributed by atoms with E-state index in [1.165, 1.54) is 0 Å². The molecule has 0 aliphatic heterocycles. The van der Waals surface area contributed by atoms with Gasteiger partial charge in [0, 0.05) is 38.4 Å². The molecule has 0 spiro atoms. The number of allylic oxidation sites excluding steroid dienone is 1. The summed E-state index contributed by atoms with van der Waals surface area (Å²) in [6.07, 6.45) is 4.03.